The number of para-hydroxylation sites is 1. The van der Waals surface area contributed by atoms with Crippen molar-refractivity contribution in [2.75, 3.05) is 0 Å². The van der Waals surface area contributed by atoms with Gasteiger partial charge in [0.1, 0.15) is 28.7 Å². The van der Waals surface area contributed by atoms with E-state index in [-0.39, 0.29) is 12.3 Å². The number of ether oxygens (including phenoxy) is 1. The van der Waals surface area contributed by atoms with Crippen LogP contribution in [-0.4, -0.2) is 15.7 Å². The van der Waals surface area contributed by atoms with Gasteiger partial charge >= 0.3 is 0 Å². The second-order valence-corrected chi connectivity index (χ2v) is 6.32. The van der Waals surface area contributed by atoms with E-state index in [4.69, 9.17) is 14.3 Å². The highest BCUT2D eigenvalue weighted by atomic mass is 16.5. The zero-order chi connectivity index (χ0) is 16.8. The molecule has 5 rings (SSSR count). The zero-order valence-corrected chi connectivity index (χ0v) is 13.8. The average Bonchev–Trinajstić information content (AvgIpc) is 3.28. The lowest BCUT2D eigenvalue weighted by molar-refractivity contribution is -0.0218. The van der Waals surface area contributed by atoms with Gasteiger partial charge in [0.25, 0.3) is 0 Å². The topological polar surface area (TPSA) is 50.9 Å². The molecule has 2 aliphatic heterocycles. The largest absolute Gasteiger partial charge is 0.463 e. The van der Waals surface area contributed by atoms with Crippen molar-refractivity contribution in [3.8, 4) is 5.75 Å². The van der Waals surface area contributed by atoms with Crippen molar-refractivity contribution >= 4 is 5.71 Å². The molecule has 1 aromatic carbocycles. The SMILES string of the molecule is Cc1ccc(C2=NN3[C@H](C2)c2ccccc2O[C@@H]3c2ccccn2)o1. The van der Waals surface area contributed by atoms with Crippen LogP contribution in [0.5, 0.6) is 5.75 Å². The molecule has 5 nitrogen and oxygen atoms in total. The average molecular weight is 331 g/mol. The zero-order valence-electron chi connectivity index (χ0n) is 13.8. The number of aromatic nitrogens is 1. The summed E-state index contributed by atoms with van der Waals surface area (Å²) in [6.07, 6.45) is 2.23. The lowest BCUT2D eigenvalue weighted by atomic mass is 9.98. The van der Waals surface area contributed by atoms with Crippen molar-refractivity contribution < 1.29 is 9.15 Å². The third-order valence-corrected chi connectivity index (χ3v) is 4.66. The van der Waals surface area contributed by atoms with E-state index < -0.39 is 0 Å². The van der Waals surface area contributed by atoms with Crippen molar-refractivity contribution in [3.63, 3.8) is 0 Å². The Balaban J connectivity index is 1.60. The van der Waals surface area contributed by atoms with Crippen LogP contribution in [0.25, 0.3) is 0 Å². The van der Waals surface area contributed by atoms with Gasteiger partial charge in [0.05, 0.1) is 6.04 Å². The molecule has 5 heteroatoms. The summed E-state index contributed by atoms with van der Waals surface area (Å²) in [4.78, 5) is 4.48. The van der Waals surface area contributed by atoms with E-state index in [9.17, 15) is 0 Å². The first-order valence-electron chi connectivity index (χ1n) is 8.39. The number of fused-ring (bicyclic) bond motifs is 3. The second kappa shape index (κ2) is 5.48. The molecule has 0 saturated heterocycles. The molecule has 0 saturated carbocycles. The van der Waals surface area contributed by atoms with Crippen molar-refractivity contribution in [1.82, 2.24) is 9.99 Å². The van der Waals surface area contributed by atoms with E-state index in [0.717, 1.165) is 40.7 Å². The molecule has 0 aliphatic carbocycles. The molecule has 3 aromatic rings. The van der Waals surface area contributed by atoms with E-state index in [1.165, 1.54) is 0 Å². The predicted octanol–water partition coefficient (Wildman–Crippen LogP) is 4.23. The fourth-order valence-corrected chi connectivity index (χ4v) is 3.49. The van der Waals surface area contributed by atoms with Gasteiger partial charge in [-0.3, -0.25) is 4.98 Å². The Labute approximate surface area is 145 Å². The van der Waals surface area contributed by atoms with Gasteiger partial charge in [0.2, 0.25) is 6.23 Å². The maximum Gasteiger partial charge on any atom is 0.230 e. The summed E-state index contributed by atoms with van der Waals surface area (Å²) >= 11 is 0. The van der Waals surface area contributed by atoms with Gasteiger partial charge in [-0.2, -0.15) is 5.10 Å². The summed E-state index contributed by atoms with van der Waals surface area (Å²) in [5, 5.41) is 6.85. The first kappa shape index (κ1) is 14.3. The molecule has 2 aliphatic rings. The highest BCUT2D eigenvalue weighted by molar-refractivity contribution is 5.99. The third kappa shape index (κ3) is 2.31. The number of rotatable bonds is 2. The minimum Gasteiger partial charge on any atom is -0.463 e. The first-order valence-corrected chi connectivity index (χ1v) is 8.39. The Hall–Kier alpha value is -3.08. The number of hydrazone groups is 1. The van der Waals surface area contributed by atoms with E-state index in [0.29, 0.717) is 0 Å². The molecule has 2 aromatic heterocycles. The molecule has 0 spiro atoms. The lowest BCUT2D eigenvalue weighted by Crippen LogP contribution is -2.34. The Morgan fingerprint density at radius 1 is 1.04 bits per heavy atom. The van der Waals surface area contributed by atoms with Crippen molar-refractivity contribution in [2.45, 2.75) is 25.6 Å². The molecule has 25 heavy (non-hydrogen) atoms. The fraction of sp³-hybridized carbons (Fsp3) is 0.200. The van der Waals surface area contributed by atoms with E-state index in [1.807, 2.05) is 60.5 Å². The summed E-state index contributed by atoms with van der Waals surface area (Å²) in [5.41, 5.74) is 2.94. The van der Waals surface area contributed by atoms with Gasteiger partial charge < -0.3 is 9.15 Å². The van der Waals surface area contributed by atoms with Crippen LogP contribution < -0.4 is 4.74 Å². The number of hydrogen-bond donors (Lipinski definition) is 0. The second-order valence-electron chi connectivity index (χ2n) is 6.32. The van der Waals surface area contributed by atoms with Gasteiger partial charge in [-0.25, -0.2) is 5.01 Å². The molecule has 0 unspecified atom stereocenters. The summed E-state index contributed by atoms with van der Waals surface area (Å²) in [7, 11) is 0. The number of furan rings is 1. The highest BCUT2D eigenvalue weighted by Gasteiger charge is 2.41. The minimum atomic E-state index is -0.338. The fourth-order valence-electron chi connectivity index (χ4n) is 3.49. The summed E-state index contributed by atoms with van der Waals surface area (Å²) in [6.45, 7) is 1.95. The van der Waals surface area contributed by atoms with Crippen LogP contribution in [0, 0.1) is 6.92 Å². The van der Waals surface area contributed by atoms with Gasteiger partial charge in [-0.1, -0.05) is 24.3 Å². The Morgan fingerprint density at radius 3 is 2.72 bits per heavy atom. The Morgan fingerprint density at radius 2 is 1.92 bits per heavy atom. The van der Waals surface area contributed by atoms with E-state index >= 15 is 0 Å². The molecule has 0 fully saturated rings. The monoisotopic (exact) mass is 331 g/mol. The maximum atomic E-state index is 6.25. The van der Waals surface area contributed by atoms with Crippen molar-refractivity contribution in [3.05, 3.63) is 83.6 Å². The van der Waals surface area contributed by atoms with Crippen LogP contribution in [0.3, 0.4) is 0 Å². The molecule has 0 bridgehead atoms. The summed E-state index contributed by atoms with van der Waals surface area (Å²) < 4.78 is 12.0. The number of pyridine rings is 1. The number of nitrogens with zero attached hydrogens (tertiary/aromatic N) is 3. The van der Waals surface area contributed by atoms with Crippen LogP contribution in [0.4, 0.5) is 0 Å². The molecule has 2 atom stereocenters. The van der Waals surface area contributed by atoms with Crippen molar-refractivity contribution in [2.24, 2.45) is 5.10 Å². The highest BCUT2D eigenvalue weighted by Crippen LogP contribution is 2.47. The summed E-state index contributed by atoms with van der Waals surface area (Å²) in [6, 6.07) is 18.1. The van der Waals surface area contributed by atoms with E-state index in [2.05, 4.69) is 11.1 Å². The van der Waals surface area contributed by atoms with Gasteiger partial charge in [0, 0.05) is 18.2 Å². The van der Waals surface area contributed by atoms with Gasteiger partial charge in [-0.15, -0.1) is 0 Å². The van der Waals surface area contributed by atoms with Crippen LogP contribution >= 0.6 is 0 Å². The predicted molar refractivity (Wildman–Crippen MR) is 93.2 cm³/mol. The van der Waals surface area contributed by atoms with Crippen LogP contribution in [0.1, 0.15) is 41.5 Å². The summed E-state index contributed by atoms with van der Waals surface area (Å²) in [5.74, 6) is 2.61. The Kier molecular flexibility index (Phi) is 3.13. The normalized spacial score (nSPS) is 21.3. The molecular formula is C20H17N3O2. The molecule has 0 N–H and O–H groups in total. The van der Waals surface area contributed by atoms with Crippen LogP contribution in [-0.2, 0) is 0 Å². The molecule has 124 valence electrons. The maximum absolute atomic E-state index is 6.25. The Bertz CT molecular complexity index is 948. The first-order chi connectivity index (χ1) is 12.3. The smallest absolute Gasteiger partial charge is 0.230 e. The van der Waals surface area contributed by atoms with Gasteiger partial charge in [-0.05, 0) is 37.3 Å². The number of aryl methyl sites for hydroxylation is 1. The number of benzene rings is 1. The van der Waals surface area contributed by atoms with Crippen LogP contribution in [0.15, 0.2) is 70.3 Å². The quantitative estimate of drug-likeness (QED) is 0.705. The lowest BCUT2D eigenvalue weighted by Gasteiger charge is -2.37. The number of hydrogen-bond acceptors (Lipinski definition) is 5. The molecule has 4 heterocycles. The standard InChI is InChI=1S/C20H17N3O2/c1-13-9-10-19(24-13)16-12-17-14-6-2-3-8-18(14)25-20(23(17)22-16)15-7-4-5-11-21-15/h2-11,17,20H,12H2,1H3/t17-,20-/m1/s1. The van der Waals surface area contributed by atoms with Crippen LogP contribution in [0.2, 0.25) is 0 Å². The molecular weight excluding hydrogens is 314 g/mol. The molecule has 0 amide bonds. The minimum absolute atomic E-state index is 0.123. The molecule has 0 radical (unpaired) electrons. The third-order valence-electron chi connectivity index (χ3n) is 4.66. The van der Waals surface area contributed by atoms with E-state index in [1.54, 1.807) is 6.20 Å². The van der Waals surface area contributed by atoms with Gasteiger partial charge in [0.15, 0.2) is 0 Å². The van der Waals surface area contributed by atoms with Crippen molar-refractivity contribution in [1.29, 1.82) is 0 Å².